The van der Waals surface area contributed by atoms with Gasteiger partial charge in [-0.1, -0.05) is 18.3 Å². The second-order valence-corrected chi connectivity index (χ2v) is 1.80. The van der Waals surface area contributed by atoms with Crippen LogP contribution in [0.2, 0.25) is 0 Å². The third-order valence-electron chi connectivity index (χ3n) is 0.803. The standard InChI is InChI=1S/C5H5NOS.HI/c7-6-4-2-1-3-5(6)8;/h1-4,7H;1H. The van der Waals surface area contributed by atoms with Crippen LogP contribution in [0.5, 0.6) is 0 Å². The largest absolute Gasteiger partial charge is 0.428 e. The molecule has 1 heterocycles. The van der Waals surface area contributed by atoms with Gasteiger partial charge in [0.15, 0.2) is 0 Å². The van der Waals surface area contributed by atoms with Gasteiger partial charge in [0.05, 0.1) is 0 Å². The number of aromatic nitrogens is 1. The summed E-state index contributed by atoms with van der Waals surface area (Å²) in [5.41, 5.74) is 0. The van der Waals surface area contributed by atoms with Crippen LogP contribution in [-0.2, 0) is 0 Å². The topological polar surface area (TPSA) is 25.2 Å². The molecule has 0 atom stereocenters. The van der Waals surface area contributed by atoms with Crippen molar-refractivity contribution >= 4 is 36.2 Å². The first-order valence-corrected chi connectivity index (χ1v) is 2.58. The van der Waals surface area contributed by atoms with Gasteiger partial charge in [0.25, 0.3) is 0 Å². The Morgan fingerprint density at radius 2 is 2.11 bits per heavy atom. The van der Waals surface area contributed by atoms with Crippen LogP contribution in [0.4, 0.5) is 0 Å². The van der Waals surface area contributed by atoms with Crippen LogP contribution in [0.25, 0.3) is 0 Å². The molecule has 0 fully saturated rings. The Morgan fingerprint density at radius 3 is 2.44 bits per heavy atom. The highest BCUT2D eigenvalue weighted by atomic mass is 127. The Morgan fingerprint density at radius 1 is 1.44 bits per heavy atom. The lowest BCUT2D eigenvalue weighted by molar-refractivity contribution is 0.180. The van der Waals surface area contributed by atoms with Crippen molar-refractivity contribution in [2.24, 2.45) is 0 Å². The molecule has 0 aliphatic carbocycles. The van der Waals surface area contributed by atoms with Gasteiger partial charge in [0, 0.05) is 6.20 Å². The Labute approximate surface area is 75.1 Å². The van der Waals surface area contributed by atoms with Crippen LogP contribution in [0.1, 0.15) is 0 Å². The molecule has 0 radical (unpaired) electrons. The SMILES string of the molecule is I.On1ccccc1=S. The van der Waals surface area contributed by atoms with Crippen LogP contribution in [-0.4, -0.2) is 9.94 Å². The van der Waals surface area contributed by atoms with E-state index in [1.54, 1.807) is 18.2 Å². The van der Waals surface area contributed by atoms with Gasteiger partial charge in [-0.3, -0.25) is 0 Å². The van der Waals surface area contributed by atoms with Crippen molar-refractivity contribution in [1.29, 1.82) is 0 Å². The van der Waals surface area contributed by atoms with E-state index in [2.05, 4.69) is 12.2 Å². The lowest BCUT2D eigenvalue weighted by atomic mass is 10.5. The Bertz CT molecular complexity index is 234. The molecule has 1 rings (SSSR count). The van der Waals surface area contributed by atoms with E-state index < -0.39 is 0 Å². The molecule has 1 N–H and O–H groups in total. The molecule has 0 saturated carbocycles. The maximum absolute atomic E-state index is 8.73. The maximum atomic E-state index is 8.73. The average Bonchev–Trinajstić information content (AvgIpc) is 1.77. The summed E-state index contributed by atoms with van der Waals surface area (Å²) in [6.45, 7) is 0. The first-order chi connectivity index (χ1) is 3.80. The van der Waals surface area contributed by atoms with Gasteiger partial charge in [0.1, 0.15) is 4.64 Å². The molecule has 0 bridgehead atoms. The number of pyridine rings is 1. The van der Waals surface area contributed by atoms with Gasteiger partial charge in [-0.15, -0.1) is 24.0 Å². The van der Waals surface area contributed by atoms with Gasteiger partial charge in [-0.2, -0.15) is 4.73 Å². The summed E-state index contributed by atoms with van der Waals surface area (Å²) >= 11 is 4.67. The van der Waals surface area contributed by atoms with Crippen LogP contribution < -0.4 is 0 Å². The minimum absolute atomic E-state index is 0. The number of hydrogen-bond donors (Lipinski definition) is 1. The van der Waals surface area contributed by atoms with Crippen molar-refractivity contribution in [3.05, 3.63) is 29.0 Å². The Kier molecular flexibility index (Phi) is 3.79. The minimum atomic E-state index is 0. The first-order valence-electron chi connectivity index (χ1n) is 2.17. The van der Waals surface area contributed by atoms with Crippen molar-refractivity contribution in [2.75, 3.05) is 0 Å². The maximum Gasteiger partial charge on any atom is 0.142 e. The molecule has 9 heavy (non-hydrogen) atoms. The molecule has 0 unspecified atom stereocenters. The molecule has 4 heteroatoms. The normalized spacial score (nSPS) is 8.00. The number of nitrogens with zero attached hydrogens (tertiary/aromatic N) is 1. The molecule has 1 aromatic rings. The van der Waals surface area contributed by atoms with Crippen LogP contribution in [0.15, 0.2) is 24.4 Å². The predicted molar refractivity (Wildman–Crippen MR) is 47.9 cm³/mol. The molecule has 0 aliphatic rings. The first kappa shape index (κ1) is 8.90. The summed E-state index contributed by atoms with van der Waals surface area (Å²) in [5, 5.41) is 8.73. The van der Waals surface area contributed by atoms with Crippen molar-refractivity contribution in [3.63, 3.8) is 0 Å². The fraction of sp³-hybridized carbons (Fsp3) is 0. The smallest absolute Gasteiger partial charge is 0.142 e. The fourth-order valence-corrected chi connectivity index (χ4v) is 0.558. The Balaban J connectivity index is 0.000000640. The molecule has 0 amide bonds. The van der Waals surface area contributed by atoms with E-state index >= 15 is 0 Å². The van der Waals surface area contributed by atoms with E-state index in [1.165, 1.54) is 6.20 Å². The Hall–Kier alpha value is -0.100. The van der Waals surface area contributed by atoms with E-state index in [1.807, 2.05) is 0 Å². The van der Waals surface area contributed by atoms with Crippen LogP contribution >= 0.6 is 36.2 Å². The number of hydrogen-bond acceptors (Lipinski definition) is 2. The van der Waals surface area contributed by atoms with Crippen LogP contribution in [0.3, 0.4) is 0 Å². The summed E-state index contributed by atoms with van der Waals surface area (Å²) in [6.07, 6.45) is 1.49. The monoisotopic (exact) mass is 255 g/mol. The van der Waals surface area contributed by atoms with Crippen molar-refractivity contribution in [1.82, 2.24) is 4.73 Å². The molecule has 1 aromatic heterocycles. The van der Waals surface area contributed by atoms with Gasteiger partial charge in [0.2, 0.25) is 0 Å². The fourth-order valence-electron chi connectivity index (χ4n) is 0.419. The van der Waals surface area contributed by atoms with Gasteiger partial charge >= 0.3 is 0 Å². The molecular weight excluding hydrogens is 249 g/mol. The quantitative estimate of drug-likeness (QED) is 0.436. The minimum Gasteiger partial charge on any atom is -0.428 e. The van der Waals surface area contributed by atoms with Crippen molar-refractivity contribution in [2.45, 2.75) is 0 Å². The molecule has 2 nitrogen and oxygen atoms in total. The van der Waals surface area contributed by atoms with Crippen molar-refractivity contribution in [3.8, 4) is 0 Å². The predicted octanol–water partition coefficient (Wildman–Crippen LogP) is 2.07. The average molecular weight is 255 g/mol. The summed E-state index contributed by atoms with van der Waals surface area (Å²) in [7, 11) is 0. The van der Waals surface area contributed by atoms with E-state index in [4.69, 9.17) is 5.21 Å². The molecule has 0 aromatic carbocycles. The molecule has 50 valence electrons. The third-order valence-corrected chi connectivity index (χ3v) is 1.13. The van der Waals surface area contributed by atoms with Crippen molar-refractivity contribution < 1.29 is 5.21 Å². The third kappa shape index (κ3) is 2.31. The van der Waals surface area contributed by atoms with E-state index in [0.717, 1.165) is 4.73 Å². The zero-order chi connectivity index (χ0) is 5.98. The molecule has 0 aliphatic heterocycles. The molecular formula is C5H6INOS. The van der Waals surface area contributed by atoms with Gasteiger partial charge < -0.3 is 5.21 Å². The second-order valence-electron chi connectivity index (χ2n) is 1.38. The molecule has 0 spiro atoms. The van der Waals surface area contributed by atoms with E-state index in [0.29, 0.717) is 4.64 Å². The van der Waals surface area contributed by atoms with E-state index in [9.17, 15) is 0 Å². The summed E-state index contributed by atoms with van der Waals surface area (Å²) < 4.78 is 1.32. The summed E-state index contributed by atoms with van der Waals surface area (Å²) in [6, 6.07) is 5.13. The number of rotatable bonds is 0. The van der Waals surface area contributed by atoms with Gasteiger partial charge in [-0.25, -0.2) is 0 Å². The highest BCUT2D eigenvalue weighted by molar-refractivity contribution is 14.0. The molecule has 0 saturated heterocycles. The number of halogens is 1. The van der Waals surface area contributed by atoms with Crippen LogP contribution in [0, 0.1) is 4.64 Å². The highest BCUT2D eigenvalue weighted by Crippen LogP contribution is 1.86. The lowest BCUT2D eigenvalue weighted by Gasteiger charge is -1.90. The van der Waals surface area contributed by atoms with E-state index in [-0.39, 0.29) is 24.0 Å². The summed E-state index contributed by atoms with van der Waals surface area (Å²) in [4.78, 5) is 0. The zero-order valence-electron chi connectivity index (χ0n) is 4.52. The highest BCUT2D eigenvalue weighted by Gasteiger charge is 1.77. The lowest BCUT2D eigenvalue weighted by Crippen LogP contribution is -1.89. The second kappa shape index (κ2) is 3.84. The van der Waals surface area contributed by atoms with Gasteiger partial charge in [-0.05, 0) is 12.1 Å². The summed E-state index contributed by atoms with van der Waals surface area (Å²) in [5.74, 6) is 0. The zero-order valence-corrected chi connectivity index (χ0v) is 7.67.